The van der Waals surface area contributed by atoms with E-state index in [0.29, 0.717) is 17.7 Å². The van der Waals surface area contributed by atoms with Crippen molar-refractivity contribution in [3.8, 4) is 6.07 Å². The summed E-state index contributed by atoms with van der Waals surface area (Å²) < 4.78 is 2.33. The van der Waals surface area contributed by atoms with Gasteiger partial charge in [-0.05, 0) is 24.3 Å². The lowest BCUT2D eigenvalue weighted by atomic mass is 10.2. The molecule has 0 N–H and O–H groups in total. The van der Waals surface area contributed by atoms with Crippen LogP contribution in [0.15, 0.2) is 22.6 Å². The van der Waals surface area contributed by atoms with E-state index in [9.17, 15) is 4.79 Å². The number of nitrogens with zero attached hydrogens (tertiary/aromatic N) is 3. The fourth-order valence-corrected chi connectivity index (χ4v) is 2.32. The highest BCUT2D eigenvalue weighted by Crippen LogP contribution is 2.13. The van der Waals surface area contributed by atoms with Crippen LogP contribution >= 0.6 is 11.3 Å². The Hall–Kier alpha value is -1.67. The lowest BCUT2D eigenvalue weighted by Crippen LogP contribution is -2.19. The molecule has 0 aliphatic rings. The molecule has 0 saturated carbocycles. The Labute approximate surface area is 96.8 Å². The van der Waals surface area contributed by atoms with Gasteiger partial charge in [-0.1, -0.05) is 0 Å². The van der Waals surface area contributed by atoms with E-state index in [1.807, 2.05) is 11.4 Å². The molecule has 0 atom stereocenters. The van der Waals surface area contributed by atoms with Crippen LogP contribution in [0.2, 0.25) is 0 Å². The van der Waals surface area contributed by atoms with Gasteiger partial charge in [0.15, 0.2) is 0 Å². The number of hydrogen-bond acceptors (Lipinski definition) is 4. The van der Waals surface area contributed by atoms with E-state index in [-0.39, 0.29) is 5.56 Å². The second-order valence-electron chi connectivity index (χ2n) is 3.49. The normalized spacial score (nSPS) is 10.4. The molecule has 5 heteroatoms. The van der Waals surface area contributed by atoms with E-state index in [1.54, 1.807) is 10.9 Å². The van der Waals surface area contributed by atoms with Crippen LogP contribution in [0.25, 0.3) is 10.2 Å². The number of hydrogen-bond donors (Lipinski definition) is 0. The van der Waals surface area contributed by atoms with Crippen molar-refractivity contribution in [1.82, 2.24) is 9.55 Å². The van der Waals surface area contributed by atoms with Crippen LogP contribution in [0.3, 0.4) is 0 Å². The van der Waals surface area contributed by atoms with Crippen LogP contribution in [0, 0.1) is 11.3 Å². The van der Waals surface area contributed by atoms with Crippen LogP contribution < -0.4 is 5.56 Å². The number of nitriles is 1. The summed E-state index contributed by atoms with van der Waals surface area (Å²) in [6.45, 7) is 0.640. The molecule has 2 aromatic heterocycles. The molecule has 82 valence electrons. The summed E-state index contributed by atoms with van der Waals surface area (Å²) in [7, 11) is 0. The molecule has 0 radical (unpaired) electrons. The molecule has 0 aromatic carbocycles. The summed E-state index contributed by atoms with van der Waals surface area (Å²) in [5, 5.41) is 10.3. The summed E-state index contributed by atoms with van der Waals surface area (Å²) in [5.74, 6) is 0. The molecular weight excluding hydrogens is 222 g/mol. The SMILES string of the molecule is N#CCCCCn1cnc2ccsc2c1=O. The minimum atomic E-state index is 0.0250. The van der Waals surface area contributed by atoms with Crippen LogP contribution in [0.4, 0.5) is 0 Å². The molecule has 4 nitrogen and oxygen atoms in total. The fourth-order valence-electron chi connectivity index (χ4n) is 1.52. The third-order valence-electron chi connectivity index (χ3n) is 2.37. The summed E-state index contributed by atoms with van der Waals surface area (Å²) in [5.41, 5.74) is 0.792. The van der Waals surface area contributed by atoms with Gasteiger partial charge < -0.3 is 0 Å². The number of unbranched alkanes of at least 4 members (excludes halogenated alkanes) is 2. The number of thiophene rings is 1. The van der Waals surface area contributed by atoms with E-state index in [1.165, 1.54) is 11.3 Å². The zero-order valence-corrected chi connectivity index (χ0v) is 9.54. The molecule has 16 heavy (non-hydrogen) atoms. The lowest BCUT2D eigenvalue weighted by molar-refractivity contribution is 0.596. The van der Waals surface area contributed by atoms with Crippen molar-refractivity contribution in [1.29, 1.82) is 5.26 Å². The third kappa shape index (κ3) is 2.12. The molecule has 0 spiro atoms. The van der Waals surface area contributed by atoms with E-state index in [4.69, 9.17) is 5.26 Å². The van der Waals surface area contributed by atoms with Gasteiger partial charge in [-0.25, -0.2) is 4.98 Å². The van der Waals surface area contributed by atoms with Crippen LogP contribution in [0.1, 0.15) is 19.3 Å². The van der Waals surface area contributed by atoms with Crippen molar-refractivity contribution < 1.29 is 0 Å². The highest BCUT2D eigenvalue weighted by molar-refractivity contribution is 7.17. The first kappa shape index (κ1) is 10.8. The Morgan fingerprint density at radius 2 is 2.38 bits per heavy atom. The monoisotopic (exact) mass is 233 g/mol. The highest BCUT2D eigenvalue weighted by Gasteiger charge is 2.04. The standard InChI is InChI=1S/C11H11N3OS/c12-5-2-1-3-6-14-8-13-9-4-7-16-10(9)11(14)15/h4,7-8H,1-3,6H2. The highest BCUT2D eigenvalue weighted by atomic mass is 32.1. The minimum Gasteiger partial charge on any atom is -0.298 e. The second kappa shape index (κ2) is 4.90. The molecule has 0 saturated heterocycles. The first-order valence-electron chi connectivity index (χ1n) is 5.12. The molecule has 2 aromatic rings. The van der Waals surface area contributed by atoms with Crippen molar-refractivity contribution in [2.75, 3.05) is 0 Å². The van der Waals surface area contributed by atoms with Gasteiger partial charge in [0.05, 0.1) is 17.9 Å². The van der Waals surface area contributed by atoms with E-state index < -0.39 is 0 Å². The van der Waals surface area contributed by atoms with Gasteiger partial charge >= 0.3 is 0 Å². The predicted octanol–water partition coefficient (Wildman–Crippen LogP) is 2.15. The molecule has 0 aliphatic heterocycles. The van der Waals surface area contributed by atoms with Crippen molar-refractivity contribution in [3.63, 3.8) is 0 Å². The Balaban J connectivity index is 2.16. The average molecular weight is 233 g/mol. The molecule has 0 fully saturated rings. The number of aryl methyl sites for hydroxylation is 1. The van der Waals surface area contributed by atoms with E-state index >= 15 is 0 Å². The largest absolute Gasteiger partial charge is 0.298 e. The van der Waals surface area contributed by atoms with Crippen molar-refractivity contribution in [2.24, 2.45) is 0 Å². The first-order valence-corrected chi connectivity index (χ1v) is 6.00. The van der Waals surface area contributed by atoms with Crippen molar-refractivity contribution in [3.05, 3.63) is 28.1 Å². The Morgan fingerprint density at radius 1 is 1.50 bits per heavy atom. The number of fused-ring (bicyclic) bond motifs is 1. The molecule has 0 bridgehead atoms. The Bertz CT molecular complexity index is 579. The molecular formula is C11H11N3OS. The van der Waals surface area contributed by atoms with Gasteiger partial charge in [-0.3, -0.25) is 9.36 Å². The van der Waals surface area contributed by atoms with Crippen molar-refractivity contribution >= 4 is 21.6 Å². The van der Waals surface area contributed by atoms with Crippen LogP contribution in [0.5, 0.6) is 0 Å². The van der Waals surface area contributed by atoms with E-state index in [2.05, 4.69) is 11.1 Å². The molecule has 2 rings (SSSR count). The second-order valence-corrected chi connectivity index (χ2v) is 4.41. The molecule has 0 unspecified atom stereocenters. The maximum atomic E-state index is 11.9. The predicted molar refractivity (Wildman–Crippen MR) is 63.3 cm³/mol. The quantitative estimate of drug-likeness (QED) is 0.760. The third-order valence-corrected chi connectivity index (χ3v) is 3.26. The Kier molecular flexibility index (Phi) is 3.32. The summed E-state index contributed by atoms with van der Waals surface area (Å²) >= 11 is 1.42. The maximum absolute atomic E-state index is 11.9. The Morgan fingerprint density at radius 3 is 3.19 bits per heavy atom. The molecule has 0 aliphatic carbocycles. The van der Waals surface area contributed by atoms with Gasteiger partial charge in [-0.15, -0.1) is 11.3 Å². The minimum absolute atomic E-state index is 0.0250. The molecule has 2 heterocycles. The van der Waals surface area contributed by atoms with Gasteiger partial charge in [0.2, 0.25) is 0 Å². The van der Waals surface area contributed by atoms with Crippen LogP contribution in [-0.2, 0) is 6.54 Å². The summed E-state index contributed by atoms with van der Waals surface area (Å²) in [4.78, 5) is 16.1. The fraction of sp³-hybridized carbons (Fsp3) is 0.364. The lowest BCUT2D eigenvalue weighted by Gasteiger charge is -2.03. The maximum Gasteiger partial charge on any atom is 0.271 e. The summed E-state index contributed by atoms with van der Waals surface area (Å²) in [6, 6.07) is 3.94. The number of rotatable bonds is 4. The smallest absolute Gasteiger partial charge is 0.271 e. The van der Waals surface area contributed by atoms with Gasteiger partial charge in [0.25, 0.3) is 5.56 Å². The summed E-state index contributed by atoms with van der Waals surface area (Å²) in [6.07, 6.45) is 3.80. The number of aromatic nitrogens is 2. The average Bonchev–Trinajstić information content (AvgIpc) is 2.76. The van der Waals surface area contributed by atoms with Gasteiger partial charge in [0.1, 0.15) is 4.70 Å². The van der Waals surface area contributed by atoms with Crippen LogP contribution in [-0.4, -0.2) is 9.55 Å². The van der Waals surface area contributed by atoms with Gasteiger partial charge in [0, 0.05) is 13.0 Å². The topological polar surface area (TPSA) is 58.7 Å². The first-order chi connectivity index (χ1) is 7.83. The molecule has 0 amide bonds. The zero-order chi connectivity index (χ0) is 11.4. The zero-order valence-electron chi connectivity index (χ0n) is 8.72. The van der Waals surface area contributed by atoms with Crippen molar-refractivity contribution in [2.45, 2.75) is 25.8 Å². The van der Waals surface area contributed by atoms with Gasteiger partial charge in [-0.2, -0.15) is 5.26 Å². The van der Waals surface area contributed by atoms with E-state index in [0.717, 1.165) is 18.4 Å².